The highest BCUT2D eigenvalue weighted by Gasteiger charge is 1.97. The Kier molecular flexibility index (Phi) is 3.90. The molecule has 0 aromatic carbocycles. The summed E-state index contributed by atoms with van der Waals surface area (Å²) in [6, 6.07) is 0. The van der Waals surface area contributed by atoms with Gasteiger partial charge in [0.2, 0.25) is 8.65 Å². The molecule has 0 radical (unpaired) electrons. The average molecular weight is 194 g/mol. The van der Waals surface area contributed by atoms with E-state index in [0.717, 1.165) is 0 Å². The van der Waals surface area contributed by atoms with Crippen LogP contribution in [0.2, 0.25) is 6.55 Å². The second-order valence-corrected chi connectivity index (χ2v) is 6.03. The van der Waals surface area contributed by atoms with Crippen LogP contribution >= 0.6 is 0 Å². The van der Waals surface area contributed by atoms with Crippen LogP contribution in [-0.4, -0.2) is 41.3 Å². The Balaban J connectivity index is 2.29. The first kappa shape index (κ1) is 8.14. The molecule has 0 fully saturated rings. The third-order valence-corrected chi connectivity index (χ3v) is 5.03. The lowest BCUT2D eigenvalue weighted by atomic mass is 11.6. The van der Waals surface area contributed by atoms with E-state index in [1.807, 2.05) is 6.55 Å². The van der Waals surface area contributed by atoms with E-state index in [2.05, 4.69) is 0 Å². The van der Waals surface area contributed by atoms with E-state index < -0.39 is 28.7 Å². The summed E-state index contributed by atoms with van der Waals surface area (Å²) >= 11 is 0. The molecule has 0 saturated heterocycles. The Morgan fingerprint density at radius 2 is 2.20 bits per heavy atom. The van der Waals surface area contributed by atoms with Crippen LogP contribution in [0.15, 0.2) is 0 Å². The molecule has 0 atom stereocenters. The molecule has 0 spiro atoms. The average Bonchev–Trinajstić information content (AvgIpc) is 2.02. The molecule has 1 aliphatic heterocycles. The van der Waals surface area contributed by atoms with Crippen LogP contribution in [0.25, 0.3) is 0 Å². The first-order valence-electron chi connectivity index (χ1n) is 2.96. The summed E-state index contributed by atoms with van der Waals surface area (Å²) in [5.41, 5.74) is 0. The zero-order chi connectivity index (χ0) is 7.23. The third kappa shape index (κ3) is 3.27. The van der Waals surface area contributed by atoms with Crippen LogP contribution in [0.1, 0.15) is 0 Å². The van der Waals surface area contributed by atoms with Gasteiger partial charge in [0.15, 0.2) is 0 Å². The predicted molar refractivity (Wildman–Crippen MR) is 44.0 cm³/mol. The Morgan fingerprint density at radius 3 is 3.10 bits per heavy atom. The summed E-state index contributed by atoms with van der Waals surface area (Å²) in [5.74, 6) is 1.78. The lowest BCUT2D eigenvalue weighted by Crippen LogP contribution is -2.12. The molecular weight excluding hydrogens is 184 g/mol. The van der Waals surface area contributed by atoms with E-state index in [0.29, 0.717) is 6.79 Å². The van der Waals surface area contributed by atoms with Crippen molar-refractivity contribution in [1.29, 1.82) is 0 Å². The minimum atomic E-state index is -0.831. The molecular formula is C3H10O4Si3. The van der Waals surface area contributed by atoms with Crippen molar-refractivity contribution in [3.63, 3.8) is 0 Å². The Bertz CT molecular complexity index is 127. The minimum Gasteiger partial charge on any atom is -0.589 e. The summed E-state index contributed by atoms with van der Waals surface area (Å²) < 4.78 is 20.6. The van der Waals surface area contributed by atoms with Gasteiger partial charge in [-0.1, -0.05) is 0 Å². The monoisotopic (exact) mass is 194 g/mol. The second kappa shape index (κ2) is 4.80. The summed E-state index contributed by atoms with van der Waals surface area (Å²) in [5, 5.41) is 0. The first-order valence-corrected chi connectivity index (χ1v) is 7.26. The number of rotatable bonds is 0. The Morgan fingerprint density at radius 1 is 1.40 bits per heavy atom. The predicted octanol–water partition coefficient (Wildman–Crippen LogP) is -2.02. The van der Waals surface area contributed by atoms with Crippen molar-refractivity contribution in [2.75, 3.05) is 6.79 Å². The molecule has 0 saturated carbocycles. The third-order valence-electron chi connectivity index (χ3n) is 0.937. The van der Waals surface area contributed by atoms with Gasteiger partial charge in [-0.15, -0.1) is 0 Å². The fourth-order valence-corrected chi connectivity index (χ4v) is 3.76. The fraction of sp³-hybridized carbons (Fsp3) is 0.667. The van der Waals surface area contributed by atoms with Crippen LogP contribution in [0.5, 0.6) is 0 Å². The van der Waals surface area contributed by atoms with Crippen molar-refractivity contribution in [2.45, 2.75) is 6.55 Å². The first-order chi connectivity index (χ1) is 4.89. The maximum Gasteiger partial charge on any atom is 0.366 e. The second-order valence-electron chi connectivity index (χ2n) is 1.80. The van der Waals surface area contributed by atoms with Gasteiger partial charge in [-0.2, -0.15) is 0 Å². The van der Waals surface area contributed by atoms with Crippen LogP contribution in [-0.2, 0) is 17.4 Å². The van der Waals surface area contributed by atoms with Crippen molar-refractivity contribution in [2.24, 2.45) is 0 Å². The number of hydrogen-bond acceptors (Lipinski definition) is 4. The standard InChI is InChI=1S/C3H10O4Si3/c1-10-3-6-8-4-2-5-9-7-10/h3H,2,8-9H2,1H3. The molecule has 1 aliphatic rings. The lowest BCUT2D eigenvalue weighted by molar-refractivity contribution is 0.105. The van der Waals surface area contributed by atoms with Crippen molar-refractivity contribution < 1.29 is 17.4 Å². The van der Waals surface area contributed by atoms with Crippen LogP contribution in [0.3, 0.4) is 0 Å². The van der Waals surface area contributed by atoms with Gasteiger partial charge in [0.05, 0.1) is 5.86 Å². The molecule has 0 amide bonds. The van der Waals surface area contributed by atoms with Gasteiger partial charge in [0.25, 0.3) is 0 Å². The molecule has 1 heterocycles. The van der Waals surface area contributed by atoms with Crippen molar-refractivity contribution >= 4 is 34.5 Å². The maximum absolute atomic E-state index is 5.34. The zero-order valence-corrected chi connectivity index (χ0v) is 9.66. The summed E-state index contributed by atoms with van der Waals surface area (Å²) in [6.07, 6.45) is 0. The highest BCUT2D eigenvalue weighted by atomic mass is 28.3. The van der Waals surface area contributed by atoms with E-state index in [1.165, 1.54) is 0 Å². The summed E-state index contributed by atoms with van der Waals surface area (Å²) in [4.78, 5) is 0. The topological polar surface area (TPSA) is 36.9 Å². The van der Waals surface area contributed by atoms with Gasteiger partial charge in [0, 0.05) is 0 Å². The minimum absolute atomic E-state index is 0.363. The van der Waals surface area contributed by atoms with E-state index >= 15 is 0 Å². The SMILES string of the molecule is C[Si]1=CO[SiH2]OCO[SiH2]O1. The van der Waals surface area contributed by atoms with Gasteiger partial charge < -0.3 is 17.4 Å². The molecule has 0 N–H and O–H groups in total. The smallest absolute Gasteiger partial charge is 0.366 e. The van der Waals surface area contributed by atoms with Crippen molar-refractivity contribution in [1.82, 2.24) is 0 Å². The van der Waals surface area contributed by atoms with Gasteiger partial charge in [-0.25, -0.2) is 0 Å². The Hall–Kier alpha value is 0.0406. The van der Waals surface area contributed by atoms with Gasteiger partial charge in [0.1, 0.15) is 6.79 Å². The van der Waals surface area contributed by atoms with E-state index in [4.69, 9.17) is 17.4 Å². The van der Waals surface area contributed by atoms with Crippen LogP contribution < -0.4 is 0 Å². The van der Waals surface area contributed by atoms with Gasteiger partial charge in [-0.3, -0.25) is 0 Å². The summed E-state index contributed by atoms with van der Waals surface area (Å²) in [7, 11) is -2.43. The van der Waals surface area contributed by atoms with Crippen molar-refractivity contribution in [3.05, 3.63) is 0 Å². The molecule has 7 heteroatoms. The Labute approximate surface area is 65.9 Å². The molecule has 0 aromatic heterocycles. The van der Waals surface area contributed by atoms with Gasteiger partial charge in [-0.05, 0) is 6.55 Å². The lowest BCUT2D eigenvalue weighted by Gasteiger charge is -2.02. The molecule has 1 rings (SSSR count). The number of hydrogen-bond donors (Lipinski definition) is 0. The molecule has 0 bridgehead atoms. The van der Waals surface area contributed by atoms with E-state index in [9.17, 15) is 0 Å². The fourth-order valence-electron chi connectivity index (χ4n) is 0.495. The largest absolute Gasteiger partial charge is 0.589 e. The van der Waals surface area contributed by atoms with E-state index in [-0.39, 0.29) is 0 Å². The molecule has 0 unspecified atom stereocenters. The molecule has 4 nitrogen and oxygen atoms in total. The maximum atomic E-state index is 5.34. The highest BCUT2D eigenvalue weighted by Crippen LogP contribution is 1.81. The van der Waals surface area contributed by atoms with Crippen LogP contribution in [0.4, 0.5) is 0 Å². The highest BCUT2D eigenvalue weighted by molar-refractivity contribution is 6.62. The molecule has 0 aromatic rings. The molecule has 58 valence electrons. The van der Waals surface area contributed by atoms with E-state index in [1.54, 1.807) is 5.86 Å². The van der Waals surface area contributed by atoms with Gasteiger partial charge >= 0.3 is 20.0 Å². The van der Waals surface area contributed by atoms with Crippen molar-refractivity contribution in [3.8, 4) is 0 Å². The normalized spacial score (nSPS) is 25.5. The molecule has 10 heavy (non-hydrogen) atoms. The molecule has 0 aliphatic carbocycles. The van der Waals surface area contributed by atoms with Crippen LogP contribution in [0, 0.1) is 0 Å². The summed E-state index contributed by atoms with van der Waals surface area (Å²) in [6.45, 7) is 2.39. The quantitative estimate of drug-likeness (QED) is 0.417. The zero-order valence-electron chi connectivity index (χ0n) is 5.83.